The lowest BCUT2D eigenvalue weighted by atomic mass is 9.96. The van der Waals surface area contributed by atoms with Crippen molar-refractivity contribution < 1.29 is 4.74 Å². The first-order chi connectivity index (χ1) is 7.45. The summed E-state index contributed by atoms with van der Waals surface area (Å²) in [6, 6.07) is 2.09. The highest BCUT2D eigenvalue weighted by atomic mass is 16.5. The Balaban J connectivity index is 2.69. The lowest BCUT2D eigenvalue weighted by Crippen LogP contribution is -2.41. The quantitative estimate of drug-likeness (QED) is 0.821. The van der Waals surface area contributed by atoms with E-state index >= 15 is 0 Å². The number of hydrogen-bond acceptors (Lipinski definition) is 3. The summed E-state index contributed by atoms with van der Waals surface area (Å²) in [5, 5.41) is 4.31. The van der Waals surface area contributed by atoms with Gasteiger partial charge in [-0.15, -0.1) is 0 Å². The third-order valence-electron chi connectivity index (χ3n) is 2.89. The van der Waals surface area contributed by atoms with E-state index in [0.29, 0.717) is 5.92 Å². The molecule has 1 heterocycles. The van der Waals surface area contributed by atoms with Gasteiger partial charge in [0, 0.05) is 32.3 Å². The van der Waals surface area contributed by atoms with E-state index in [4.69, 9.17) is 10.5 Å². The van der Waals surface area contributed by atoms with E-state index in [1.54, 1.807) is 7.11 Å². The molecule has 0 bridgehead atoms. The molecule has 0 radical (unpaired) electrons. The van der Waals surface area contributed by atoms with Gasteiger partial charge in [0.15, 0.2) is 0 Å². The van der Waals surface area contributed by atoms with E-state index in [-0.39, 0.29) is 12.1 Å². The van der Waals surface area contributed by atoms with Crippen molar-refractivity contribution in [1.82, 2.24) is 9.78 Å². The molecule has 0 aliphatic carbocycles. The van der Waals surface area contributed by atoms with Crippen LogP contribution in [0.15, 0.2) is 6.07 Å². The zero-order valence-electron chi connectivity index (χ0n) is 10.9. The van der Waals surface area contributed by atoms with Gasteiger partial charge in [0.1, 0.15) is 0 Å². The Morgan fingerprint density at radius 3 is 2.50 bits per heavy atom. The highest BCUT2D eigenvalue weighted by Gasteiger charge is 2.22. The number of nitrogens with two attached hydrogens (primary N) is 1. The molecule has 0 aliphatic heterocycles. The Bertz CT molecular complexity index is 333. The van der Waals surface area contributed by atoms with E-state index in [2.05, 4.69) is 25.0 Å². The normalized spacial score (nSPS) is 15.4. The molecule has 2 N–H and O–H groups in total. The molecule has 0 spiro atoms. The molecule has 0 saturated heterocycles. The first-order valence-electron chi connectivity index (χ1n) is 5.73. The molecule has 0 fully saturated rings. The topological polar surface area (TPSA) is 53.1 Å². The molecular formula is C12H23N3O. The minimum atomic E-state index is 0.0137. The zero-order chi connectivity index (χ0) is 12.3. The van der Waals surface area contributed by atoms with Crippen LogP contribution in [-0.4, -0.2) is 29.0 Å². The van der Waals surface area contributed by atoms with Crippen molar-refractivity contribution in [3.63, 3.8) is 0 Å². The van der Waals surface area contributed by atoms with Crippen molar-refractivity contribution in [2.24, 2.45) is 18.7 Å². The maximum Gasteiger partial charge on any atom is 0.0748 e. The van der Waals surface area contributed by atoms with Gasteiger partial charge in [0.25, 0.3) is 0 Å². The fraction of sp³-hybridized carbons (Fsp3) is 0.750. The number of methoxy groups -OCH3 is 1. The van der Waals surface area contributed by atoms with Gasteiger partial charge in [-0.05, 0) is 18.9 Å². The molecule has 4 nitrogen and oxygen atoms in total. The average Bonchev–Trinajstić information content (AvgIpc) is 2.45. The summed E-state index contributed by atoms with van der Waals surface area (Å²) in [7, 11) is 3.67. The minimum Gasteiger partial charge on any atom is -0.380 e. The fourth-order valence-electron chi connectivity index (χ4n) is 2.15. The van der Waals surface area contributed by atoms with Gasteiger partial charge in [-0.3, -0.25) is 4.68 Å². The van der Waals surface area contributed by atoms with Crippen molar-refractivity contribution in [1.29, 1.82) is 0 Å². The number of ether oxygens (including phenoxy) is 1. The molecular weight excluding hydrogens is 202 g/mol. The van der Waals surface area contributed by atoms with E-state index in [0.717, 1.165) is 17.8 Å². The maximum absolute atomic E-state index is 6.17. The number of aromatic nitrogens is 2. The summed E-state index contributed by atoms with van der Waals surface area (Å²) >= 11 is 0. The van der Waals surface area contributed by atoms with Gasteiger partial charge in [-0.2, -0.15) is 5.10 Å². The van der Waals surface area contributed by atoms with Gasteiger partial charge in [0.05, 0.1) is 11.8 Å². The predicted molar refractivity (Wildman–Crippen MR) is 65.3 cm³/mol. The van der Waals surface area contributed by atoms with Gasteiger partial charge in [-0.1, -0.05) is 13.8 Å². The smallest absolute Gasteiger partial charge is 0.0748 e. The summed E-state index contributed by atoms with van der Waals surface area (Å²) < 4.78 is 7.33. The lowest BCUT2D eigenvalue weighted by Gasteiger charge is -2.25. The van der Waals surface area contributed by atoms with E-state index < -0.39 is 0 Å². The Morgan fingerprint density at radius 2 is 2.12 bits per heavy atom. The molecule has 2 atom stereocenters. The molecule has 16 heavy (non-hydrogen) atoms. The summed E-state index contributed by atoms with van der Waals surface area (Å²) in [6.07, 6.45) is 0.892. The molecule has 1 rings (SSSR count). The minimum absolute atomic E-state index is 0.0137. The van der Waals surface area contributed by atoms with Gasteiger partial charge >= 0.3 is 0 Å². The molecule has 1 aromatic heterocycles. The monoisotopic (exact) mass is 225 g/mol. The fourth-order valence-corrected chi connectivity index (χ4v) is 2.15. The number of hydrogen-bond donors (Lipinski definition) is 1. The van der Waals surface area contributed by atoms with E-state index in [1.807, 2.05) is 18.7 Å². The predicted octanol–water partition coefficient (Wildman–Crippen LogP) is 1.27. The van der Waals surface area contributed by atoms with E-state index in [9.17, 15) is 0 Å². The molecule has 0 amide bonds. The van der Waals surface area contributed by atoms with Gasteiger partial charge < -0.3 is 10.5 Å². The molecule has 0 aliphatic rings. The summed E-state index contributed by atoms with van der Waals surface area (Å²) in [6.45, 7) is 6.25. The van der Waals surface area contributed by atoms with Gasteiger partial charge in [-0.25, -0.2) is 0 Å². The van der Waals surface area contributed by atoms with Crippen LogP contribution in [0.4, 0.5) is 0 Å². The largest absolute Gasteiger partial charge is 0.380 e. The third-order valence-corrected chi connectivity index (χ3v) is 2.89. The summed E-state index contributed by atoms with van der Waals surface area (Å²) in [4.78, 5) is 0. The molecule has 0 aromatic carbocycles. The van der Waals surface area contributed by atoms with Crippen LogP contribution in [0.2, 0.25) is 0 Å². The van der Waals surface area contributed by atoms with Crippen LogP contribution >= 0.6 is 0 Å². The van der Waals surface area contributed by atoms with Crippen molar-refractivity contribution in [2.75, 3.05) is 7.11 Å². The Labute approximate surface area is 97.8 Å². The second kappa shape index (κ2) is 5.46. The van der Waals surface area contributed by atoms with Crippen LogP contribution in [0, 0.1) is 12.8 Å². The van der Waals surface area contributed by atoms with Crippen molar-refractivity contribution in [2.45, 2.75) is 39.3 Å². The number of aryl methyl sites for hydroxylation is 2. The first kappa shape index (κ1) is 13.2. The number of rotatable bonds is 5. The van der Waals surface area contributed by atoms with Crippen LogP contribution in [0.3, 0.4) is 0 Å². The van der Waals surface area contributed by atoms with Crippen LogP contribution < -0.4 is 5.73 Å². The lowest BCUT2D eigenvalue weighted by molar-refractivity contribution is 0.0437. The molecule has 4 heteroatoms. The van der Waals surface area contributed by atoms with E-state index in [1.165, 1.54) is 0 Å². The van der Waals surface area contributed by atoms with Crippen LogP contribution in [0.25, 0.3) is 0 Å². The molecule has 2 unspecified atom stereocenters. The van der Waals surface area contributed by atoms with Crippen molar-refractivity contribution in [3.8, 4) is 0 Å². The van der Waals surface area contributed by atoms with Crippen LogP contribution in [0.5, 0.6) is 0 Å². The summed E-state index contributed by atoms with van der Waals surface area (Å²) in [5.41, 5.74) is 8.36. The summed E-state index contributed by atoms with van der Waals surface area (Å²) in [5.74, 6) is 0.425. The standard InChI is InChI=1S/C12H23N3O/c1-8(2)12(16-5)11(13)7-10-6-9(3)14-15(10)4/h6,8,11-12H,7,13H2,1-5H3. The molecule has 92 valence electrons. The second-order valence-corrected chi connectivity index (χ2v) is 4.71. The Kier molecular flexibility index (Phi) is 4.50. The van der Waals surface area contributed by atoms with Crippen LogP contribution in [-0.2, 0) is 18.2 Å². The van der Waals surface area contributed by atoms with Crippen LogP contribution in [0.1, 0.15) is 25.2 Å². The second-order valence-electron chi connectivity index (χ2n) is 4.71. The highest BCUT2D eigenvalue weighted by molar-refractivity contribution is 5.10. The SMILES string of the molecule is COC(C(C)C)C(N)Cc1cc(C)nn1C. The third kappa shape index (κ3) is 3.06. The maximum atomic E-state index is 6.17. The molecule has 1 aromatic rings. The number of nitrogens with zero attached hydrogens (tertiary/aromatic N) is 2. The Hall–Kier alpha value is -0.870. The van der Waals surface area contributed by atoms with Gasteiger partial charge in [0.2, 0.25) is 0 Å². The highest BCUT2D eigenvalue weighted by Crippen LogP contribution is 2.13. The van der Waals surface area contributed by atoms with Crippen molar-refractivity contribution in [3.05, 3.63) is 17.5 Å². The van der Waals surface area contributed by atoms with Crippen molar-refractivity contribution >= 4 is 0 Å². The first-order valence-corrected chi connectivity index (χ1v) is 5.73. The molecule has 0 saturated carbocycles. The Morgan fingerprint density at radius 1 is 1.50 bits per heavy atom. The average molecular weight is 225 g/mol. The zero-order valence-corrected chi connectivity index (χ0v) is 10.9.